The van der Waals surface area contributed by atoms with Gasteiger partial charge in [0, 0.05) is 70.5 Å². The van der Waals surface area contributed by atoms with Crippen LogP contribution in [0.2, 0.25) is 0 Å². The topological polar surface area (TPSA) is 261 Å². The van der Waals surface area contributed by atoms with Crippen molar-refractivity contribution in [2.24, 2.45) is 0 Å². The smallest absolute Gasteiger partial charge is 0.200 e. The van der Waals surface area contributed by atoms with Crippen molar-refractivity contribution < 1.29 is 70.8 Å². The Morgan fingerprint density at radius 1 is 0.455 bits per heavy atom. The van der Waals surface area contributed by atoms with Crippen LogP contribution in [0.1, 0.15) is 34.5 Å². The quantitative estimate of drug-likeness (QED) is 0.149. The minimum Gasteiger partial charge on any atom is -0.508 e. The van der Waals surface area contributed by atoms with Crippen LogP contribution in [0, 0.1) is 0 Å². The molecule has 0 unspecified atom stereocenters. The predicted octanol–water partition coefficient (Wildman–Crippen LogP) is 2.48. The molecule has 4 aromatic carbocycles. The van der Waals surface area contributed by atoms with E-state index < -0.39 is 70.0 Å². The fraction of sp³-hybridized carbons (Fsp3) is 0.200. The first-order chi connectivity index (χ1) is 20.8. The number of benzene rings is 4. The summed E-state index contributed by atoms with van der Waals surface area (Å²) in [5, 5.41) is 127. The van der Waals surface area contributed by atoms with Gasteiger partial charge < -0.3 is 70.8 Å². The van der Waals surface area contributed by atoms with Crippen LogP contribution >= 0.6 is 0 Å². The Morgan fingerprint density at radius 2 is 0.818 bits per heavy atom. The van der Waals surface area contributed by atoms with Crippen molar-refractivity contribution in [2.75, 3.05) is 0 Å². The first-order valence-electron chi connectivity index (χ1n) is 13.1. The van der Waals surface area contributed by atoms with E-state index in [0.29, 0.717) is 0 Å². The molecule has 6 rings (SSSR count). The fourth-order valence-corrected chi connectivity index (χ4v) is 5.76. The molecule has 0 fully saturated rings. The van der Waals surface area contributed by atoms with Crippen molar-refractivity contribution in [3.8, 4) is 80.1 Å². The molecule has 2 aliphatic heterocycles. The van der Waals surface area contributed by atoms with Crippen molar-refractivity contribution in [2.45, 2.75) is 37.3 Å². The summed E-state index contributed by atoms with van der Waals surface area (Å²) in [4.78, 5) is 0. The Hall–Kier alpha value is -5.60. The zero-order chi connectivity index (χ0) is 31.8. The molecule has 0 bridgehead atoms. The van der Waals surface area contributed by atoms with Gasteiger partial charge in [0.15, 0.2) is 35.2 Å². The van der Waals surface area contributed by atoms with E-state index in [1.807, 2.05) is 0 Å². The van der Waals surface area contributed by atoms with Crippen LogP contribution in [-0.4, -0.2) is 73.5 Å². The highest BCUT2D eigenvalue weighted by atomic mass is 16.5. The van der Waals surface area contributed by atoms with Crippen molar-refractivity contribution in [3.63, 3.8) is 0 Å². The highest BCUT2D eigenvalue weighted by molar-refractivity contribution is 5.88. The minimum absolute atomic E-state index is 0.0731. The Morgan fingerprint density at radius 3 is 1.18 bits per heavy atom. The van der Waals surface area contributed by atoms with Gasteiger partial charge in [0.2, 0.25) is 11.5 Å². The molecule has 0 aromatic heterocycles. The molecule has 0 radical (unpaired) electrons. The monoisotopic (exact) mass is 610 g/mol. The first kappa shape index (κ1) is 28.5. The lowest BCUT2D eigenvalue weighted by molar-refractivity contribution is 0.0188. The van der Waals surface area contributed by atoms with Crippen LogP contribution in [0.15, 0.2) is 36.4 Å². The molecule has 2 heterocycles. The van der Waals surface area contributed by atoms with Crippen molar-refractivity contribution in [1.82, 2.24) is 0 Å². The maximum atomic E-state index is 11.2. The van der Waals surface area contributed by atoms with Gasteiger partial charge in [-0.25, -0.2) is 0 Å². The number of aliphatic hydroxyl groups excluding tert-OH is 2. The van der Waals surface area contributed by atoms with Gasteiger partial charge in [0.1, 0.15) is 34.5 Å². The number of aliphatic hydroxyl groups is 2. The van der Waals surface area contributed by atoms with Gasteiger partial charge in [-0.1, -0.05) is 0 Å². The Kier molecular flexibility index (Phi) is 6.48. The number of aromatic hydroxyl groups is 10. The number of hydrogen-bond acceptors (Lipinski definition) is 14. The number of rotatable bonds is 3. The average Bonchev–Trinajstić information content (AvgIpc) is 2.95. The number of phenolic OH excluding ortho intramolecular Hbond substituents is 10. The molecule has 14 nitrogen and oxygen atoms in total. The fourth-order valence-electron chi connectivity index (χ4n) is 5.76. The summed E-state index contributed by atoms with van der Waals surface area (Å²) in [6.07, 6.45) is -6.50. The molecule has 12 N–H and O–H groups in total. The van der Waals surface area contributed by atoms with Crippen LogP contribution < -0.4 is 9.47 Å². The van der Waals surface area contributed by atoms with Gasteiger partial charge >= 0.3 is 0 Å². The lowest BCUT2D eigenvalue weighted by atomic mass is 9.83. The zero-order valence-corrected chi connectivity index (χ0v) is 22.4. The van der Waals surface area contributed by atoms with Crippen LogP contribution in [0.5, 0.6) is 69.0 Å². The van der Waals surface area contributed by atoms with Gasteiger partial charge in [-0.15, -0.1) is 0 Å². The average molecular weight is 611 g/mol. The summed E-state index contributed by atoms with van der Waals surface area (Å²) in [6.45, 7) is 0. The maximum absolute atomic E-state index is 11.2. The molecule has 14 heteroatoms. The lowest BCUT2D eigenvalue weighted by Gasteiger charge is -2.35. The third-order valence-electron chi connectivity index (χ3n) is 7.81. The molecule has 0 amide bonds. The first-order valence-corrected chi connectivity index (χ1v) is 13.1. The van der Waals surface area contributed by atoms with E-state index in [4.69, 9.17) is 9.47 Å². The molecule has 0 saturated heterocycles. The summed E-state index contributed by atoms with van der Waals surface area (Å²) in [7, 11) is 0. The van der Waals surface area contributed by atoms with Crippen LogP contribution in [0.25, 0.3) is 11.1 Å². The zero-order valence-electron chi connectivity index (χ0n) is 22.4. The van der Waals surface area contributed by atoms with Crippen molar-refractivity contribution >= 4 is 0 Å². The Labute approximate surface area is 247 Å². The normalized spacial score (nSPS) is 20.7. The molecule has 0 saturated carbocycles. The minimum atomic E-state index is -1.51. The van der Waals surface area contributed by atoms with E-state index in [-0.39, 0.29) is 69.6 Å². The second kappa shape index (κ2) is 10.00. The lowest BCUT2D eigenvalue weighted by Crippen LogP contribution is -2.32. The molecule has 0 spiro atoms. The largest absolute Gasteiger partial charge is 0.508 e. The predicted molar refractivity (Wildman–Crippen MR) is 148 cm³/mol. The van der Waals surface area contributed by atoms with E-state index >= 15 is 0 Å². The summed E-state index contributed by atoms with van der Waals surface area (Å²) >= 11 is 0. The van der Waals surface area contributed by atoms with Crippen LogP contribution in [0.3, 0.4) is 0 Å². The molecule has 4 aromatic rings. The van der Waals surface area contributed by atoms with E-state index in [0.717, 1.165) is 36.4 Å². The highest BCUT2D eigenvalue weighted by Gasteiger charge is 2.40. The van der Waals surface area contributed by atoms with E-state index in [1.54, 1.807) is 0 Å². The molecule has 2 aliphatic rings. The molecule has 230 valence electrons. The molecular weight excluding hydrogens is 584 g/mol. The SMILES string of the molecule is Oc1cc(O)c2c(c1)O[C@H](c1cc(O)c(O)c(O)c1-c1c([C@H]3Oc4cc(O)cc(O)c4C[C@H]3O)cc(O)c(O)c1O)[C@H](O)C2. The maximum Gasteiger partial charge on any atom is 0.200 e. The van der Waals surface area contributed by atoms with Gasteiger partial charge in [0.05, 0.1) is 12.2 Å². The molecule has 4 atom stereocenters. The third kappa shape index (κ3) is 4.35. The molecule has 44 heavy (non-hydrogen) atoms. The number of fused-ring (bicyclic) bond motifs is 2. The third-order valence-corrected chi connectivity index (χ3v) is 7.81. The van der Waals surface area contributed by atoms with Gasteiger partial charge in [0.25, 0.3) is 0 Å². The van der Waals surface area contributed by atoms with Gasteiger partial charge in [-0.2, -0.15) is 0 Å². The van der Waals surface area contributed by atoms with Crippen molar-refractivity contribution in [3.05, 3.63) is 58.7 Å². The summed E-state index contributed by atoms with van der Waals surface area (Å²) in [5.74, 6) is -7.69. The van der Waals surface area contributed by atoms with Crippen LogP contribution in [-0.2, 0) is 12.8 Å². The van der Waals surface area contributed by atoms with Gasteiger partial charge in [-0.3, -0.25) is 0 Å². The Bertz CT molecular complexity index is 1700. The standard InChI is InChI=1S/C30H26O14/c31-9-1-15(33)11-5-19(37)29(43-21(11)3-9)13-7-17(35)25(39)27(41)23(13)24-14(8-18(36)26(40)28(24)42)30-20(38)6-12-16(34)2-10(32)4-22(12)44-30/h1-4,7-8,19-20,29-42H,5-6H2/t19-,20-,29-,30-/m1/s1. The second-order valence-corrected chi connectivity index (χ2v) is 10.6. The van der Waals surface area contributed by atoms with Crippen molar-refractivity contribution in [1.29, 1.82) is 0 Å². The Balaban J connectivity index is 1.59. The summed E-state index contributed by atoms with van der Waals surface area (Å²) in [6, 6.07) is 6.19. The molecular formula is C30H26O14. The van der Waals surface area contributed by atoms with E-state index in [2.05, 4.69) is 0 Å². The summed E-state index contributed by atoms with van der Waals surface area (Å²) in [5.41, 5.74) is -1.34. The van der Waals surface area contributed by atoms with E-state index in [1.165, 1.54) is 0 Å². The second-order valence-electron chi connectivity index (χ2n) is 10.6. The molecule has 0 aliphatic carbocycles. The highest BCUT2D eigenvalue weighted by Crippen LogP contribution is 2.57. The number of ether oxygens (including phenoxy) is 2. The van der Waals surface area contributed by atoms with E-state index in [9.17, 15) is 61.3 Å². The van der Waals surface area contributed by atoms with Crippen LogP contribution in [0.4, 0.5) is 0 Å². The number of hydrogen-bond donors (Lipinski definition) is 12. The van der Waals surface area contributed by atoms with Gasteiger partial charge in [-0.05, 0) is 12.1 Å². The number of phenols is 10. The summed E-state index contributed by atoms with van der Waals surface area (Å²) < 4.78 is 11.7.